The van der Waals surface area contributed by atoms with Crippen LogP contribution in [-0.4, -0.2) is 39.2 Å². The van der Waals surface area contributed by atoms with E-state index in [4.69, 9.17) is 0 Å². The minimum absolute atomic E-state index is 0.0102. The van der Waals surface area contributed by atoms with Crippen molar-refractivity contribution in [2.24, 2.45) is 0 Å². The minimum atomic E-state index is -3.89. The summed E-state index contributed by atoms with van der Waals surface area (Å²) in [5.74, 6) is 0. The topological polar surface area (TPSA) is 108 Å². The molecule has 4 rings (SSSR count). The Balaban J connectivity index is 1.49. The second-order valence-electron chi connectivity index (χ2n) is 7.54. The average molecular weight is 493 g/mol. The minimum Gasteiger partial charge on any atom is -0.331 e. The summed E-state index contributed by atoms with van der Waals surface area (Å²) >= 11 is 1.46. The van der Waals surface area contributed by atoms with Gasteiger partial charge >= 0.3 is 0 Å². The average Bonchev–Trinajstić information content (AvgIpc) is 3.19. The van der Waals surface area contributed by atoms with Gasteiger partial charge < -0.3 is 5.32 Å². The van der Waals surface area contributed by atoms with E-state index in [-0.39, 0.29) is 9.79 Å². The van der Waals surface area contributed by atoms with Crippen LogP contribution in [0, 0.1) is 6.92 Å². The zero-order chi connectivity index (χ0) is 22.8. The molecule has 8 nitrogen and oxygen atoms in total. The lowest BCUT2D eigenvalue weighted by Gasteiger charge is -2.25. The third-order valence-corrected chi connectivity index (χ3v) is 9.26. The molecule has 1 aromatic heterocycles. The van der Waals surface area contributed by atoms with Gasteiger partial charge in [-0.2, -0.15) is 4.31 Å². The summed E-state index contributed by atoms with van der Waals surface area (Å²) in [5, 5.41) is 5.78. The molecule has 0 radical (unpaired) electrons. The van der Waals surface area contributed by atoms with Gasteiger partial charge in [-0.15, -0.1) is 11.3 Å². The lowest BCUT2D eigenvalue weighted by molar-refractivity contribution is 0.346. The van der Waals surface area contributed by atoms with E-state index in [9.17, 15) is 16.8 Å². The van der Waals surface area contributed by atoms with Crippen LogP contribution in [0.15, 0.2) is 63.7 Å². The van der Waals surface area contributed by atoms with Gasteiger partial charge in [-0.25, -0.2) is 21.8 Å². The Morgan fingerprint density at radius 3 is 2.22 bits per heavy atom. The monoisotopic (exact) mass is 492 g/mol. The van der Waals surface area contributed by atoms with Crippen molar-refractivity contribution < 1.29 is 16.8 Å². The van der Waals surface area contributed by atoms with Gasteiger partial charge in [0.2, 0.25) is 10.0 Å². The van der Waals surface area contributed by atoms with Gasteiger partial charge in [0.1, 0.15) is 0 Å². The van der Waals surface area contributed by atoms with Crippen molar-refractivity contribution >= 4 is 47.9 Å². The quantitative estimate of drug-likeness (QED) is 0.512. The number of aromatic nitrogens is 1. The van der Waals surface area contributed by atoms with E-state index in [0.29, 0.717) is 29.6 Å². The second kappa shape index (κ2) is 9.18. The van der Waals surface area contributed by atoms with E-state index in [1.165, 1.54) is 39.9 Å². The van der Waals surface area contributed by atoms with Crippen LogP contribution in [0.1, 0.15) is 25.0 Å². The van der Waals surface area contributed by atoms with Crippen LogP contribution in [0.2, 0.25) is 0 Å². The van der Waals surface area contributed by atoms with Crippen LogP contribution in [-0.2, 0) is 20.0 Å². The largest absolute Gasteiger partial charge is 0.331 e. The Hall–Kier alpha value is -2.47. The molecular weight excluding hydrogens is 468 g/mol. The molecule has 0 atom stereocenters. The van der Waals surface area contributed by atoms with Gasteiger partial charge in [0, 0.05) is 24.2 Å². The maximum Gasteiger partial charge on any atom is 0.261 e. The van der Waals surface area contributed by atoms with Crippen molar-refractivity contribution in [2.45, 2.75) is 36.0 Å². The highest BCUT2D eigenvalue weighted by Gasteiger charge is 2.26. The van der Waals surface area contributed by atoms with Crippen molar-refractivity contribution in [3.8, 4) is 0 Å². The summed E-state index contributed by atoms with van der Waals surface area (Å²) < 4.78 is 55.2. The van der Waals surface area contributed by atoms with Crippen molar-refractivity contribution in [1.82, 2.24) is 9.29 Å². The highest BCUT2D eigenvalue weighted by atomic mass is 32.2. The smallest absolute Gasteiger partial charge is 0.261 e. The predicted molar refractivity (Wildman–Crippen MR) is 126 cm³/mol. The summed E-state index contributed by atoms with van der Waals surface area (Å²) in [6.45, 7) is 2.89. The van der Waals surface area contributed by atoms with Crippen molar-refractivity contribution in [2.75, 3.05) is 23.1 Å². The van der Waals surface area contributed by atoms with Crippen LogP contribution >= 0.6 is 11.3 Å². The molecule has 1 saturated heterocycles. The predicted octanol–water partition coefficient (Wildman–Crippen LogP) is 4.17. The lowest BCUT2D eigenvalue weighted by Crippen LogP contribution is -2.35. The fraction of sp³-hybridized carbons (Fsp3) is 0.286. The molecule has 2 N–H and O–H groups in total. The first-order valence-corrected chi connectivity index (χ1v) is 14.0. The second-order valence-corrected chi connectivity index (χ2v) is 12.0. The number of nitrogens with one attached hydrogen (secondary N) is 2. The first kappa shape index (κ1) is 22.7. The van der Waals surface area contributed by atoms with Crippen LogP contribution in [0.5, 0.6) is 0 Å². The van der Waals surface area contributed by atoms with Gasteiger partial charge in [-0.1, -0.05) is 12.5 Å². The number of hydrogen-bond acceptors (Lipinski definition) is 7. The van der Waals surface area contributed by atoms with Crippen LogP contribution < -0.4 is 10.0 Å². The molecule has 1 aliphatic rings. The Kier molecular flexibility index (Phi) is 6.52. The summed E-state index contributed by atoms with van der Waals surface area (Å²) in [6.07, 6.45) is 2.70. The van der Waals surface area contributed by atoms with Crippen molar-refractivity contribution in [1.29, 1.82) is 0 Å². The van der Waals surface area contributed by atoms with Gasteiger partial charge in [0.15, 0.2) is 5.13 Å². The highest BCUT2D eigenvalue weighted by Crippen LogP contribution is 2.26. The number of hydrogen-bond donors (Lipinski definition) is 2. The summed E-state index contributed by atoms with van der Waals surface area (Å²) in [5.41, 5.74) is 1.98. The zero-order valence-electron chi connectivity index (χ0n) is 17.5. The van der Waals surface area contributed by atoms with Gasteiger partial charge in [-0.05, 0) is 62.2 Å². The molecule has 2 heterocycles. The fourth-order valence-electron chi connectivity index (χ4n) is 3.45. The van der Waals surface area contributed by atoms with E-state index >= 15 is 0 Å². The molecule has 0 saturated carbocycles. The zero-order valence-corrected chi connectivity index (χ0v) is 19.9. The molecule has 0 amide bonds. The first-order chi connectivity index (χ1) is 15.2. The molecule has 0 spiro atoms. The molecule has 0 unspecified atom stereocenters. The normalized spacial score (nSPS) is 15.4. The number of sulfonamides is 2. The molecule has 32 heavy (non-hydrogen) atoms. The third-order valence-electron chi connectivity index (χ3n) is 5.07. The molecule has 2 aromatic carbocycles. The highest BCUT2D eigenvalue weighted by molar-refractivity contribution is 7.92. The number of piperidine rings is 1. The molecule has 1 fully saturated rings. The van der Waals surface area contributed by atoms with Crippen molar-refractivity contribution in [3.63, 3.8) is 0 Å². The number of aryl methyl sites for hydroxylation is 1. The Labute approximate surface area is 192 Å². The van der Waals surface area contributed by atoms with Gasteiger partial charge in [0.25, 0.3) is 10.0 Å². The molecule has 3 aromatic rings. The van der Waals surface area contributed by atoms with Crippen molar-refractivity contribution in [3.05, 3.63) is 59.6 Å². The number of benzene rings is 2. The molecule has 11 heteroatoms. The summed E-state index contributed by atoms with van der Waals surface area (Å²) in [6, 6.07) is 12.2. The van der Waals surface area contributed by atoms with E-state index in [1.807, 2.05) is 18.4 Å². The Morgan fingerprint density at radius 2 is 1.56 bits per heavy atom. The van der Waals surface area contributed by atoms with E-state index in [2.05, 4.69) is 15.0 Å². The maximum absolute atomic E-state index is 12.8. The number of nitrogens with zero attached hydrogens (tertiary/aromatic N) is 2. The van der Waals surface area contributed by atoms with E-state index < -0.39 is 20.0 Å². The Bertz CT molecular complexity index is 1300. The summed E-state index contributed by atoms with van der Waals surface area (Å²) in [7, 11) is -7.50. The van der Waals surface area contributed by atoms with Gasteiger partial charge in [0.05, 0.1) is 21.2 Å². The molecular formula is C21H24N4O4S3. The number of thiazole rings is 1. The fourth-order valence-corrected chi connectivity index (χ4v) is 6.73. The number of rotatable bonds is 7. The van der Waals surface area contributed by atoms with Crippen LogP contribution in [0.3, 0.4) is 0 Å². The van der Waals surface area contributed by atoms with E-state index in [1.54, 1.807) is 18.2 Å². The van der Waals surface area contributed by atoms with Crippen LogP contribution in [0.25, 0.3) is 0 Å². The Morgan fingerprint density at radius 1 is 0.906 bits per heavy atom. The summed E-state index contributed by atoms with van der Waals surface area (Å²) in [4.78, 5) is 4.43. The lowest BCUT2D eigenvalue weighted by atomic mass is 10.2. The van der Waals surface area contributed by atoms with E-state index in [0.717, 1.165) is 25.0 Å². The molecule has 1 aliphatic heterocycles. The standard InChI is InChI=1S/C21H24N4O4S3/c1-16-15-30-21(22-16)23-17-6-5-7-18(14-17)24-31(26,27)19-8-10-20(11-9-19)32(28,29)25-12-3-2-4-13-25/h5-11,14-15,24H,2-4,12-13H2,1H3,(H,22,23). The van der Waals surface area contributed by atoms with Crippen LogP contribution in [0.4, 0.5) is 16.5 Å². The molecule has 0 aliphatic carbocycles. The molecule has 170 valence electrons. The molecule has 0 bridgehead atoms. The first-order valence-electron chi connectivity index (χ1n) is 10.2. The van der Waals surface area contributed by atoms with Gasteiger partial charge in [-0.3, -0.25) is 4.72 Å². The number of anilines is 3. The SMILES string of the molecule is Cc1csc(Nc2cccc(NS(=O)(=O)c3ccc(S(=O)(=O)N4CCCCC4)cc3)c2)n1. The maximum atomic E-state index is 12.8. The third kappa shape index (κ3) is 5.12.